The molecule has 0 saturated carbocycles. The van der Waals surface area contributed by atoms with E-state index in [1.54, 1.807) is 19.0 Å². The van der Waals surface area contributed by atoms with Gasteiger partial charge in [-0.1, -0.05) is 0 Å². The van der Waals surface area contributed by atoms with E-state index in [9.17, 15) is 9.82 Å². The molecule has 3 aliphatic heterocycles. The Morgan fingerprint density at radius 3 is 2.69 bits per heavy atom. The van der Waals surface area contributed by atoms with Crippen molar-refractivity contribution in [1.29, 1.82) is 0 Å². The predicted octanol–water partition coefficient (Wildman–Crippen LogP) is 1.94. The van der Waals surface area contributed by atoms with Crippen molar-refractivity contribution in [3.8, 4) is 0 Å². The molecule has 3 aliphatic rings. The number of hydrogen-bond acceptors (Lipinski definition) is 6. The van der Waals surface area contributed by atoms with Gasteiger partial charge in [-0.3, -0.25) is 4.79 Å². The van der Waals surface area contributed by atoms with Gasteiger partial charge in [0.05, 0.1) is 18.9 Å². The lowest BCUT2D eigenvalue weighted by molar-refractivity contribution is 0.0671. The number of carbonyl (C=O) groups is 1. The quantitative estimate of drug-likeness (QED) is 0.789. The predicted molar refractivity (Wildman–Crippen MR) is 115 cm³/mol. The van der Waals surface area contributed by atoms with Crippen molar-refractivity contribution >= 4 is 24.5 Å². The molecule has 1 aromatic rings. The monoisotopic (exact) mass is 398 g/mol. The number of ether oxygens (including phenoxy) is 1. The zero-order valence-corrected chi connectivity index (χ0v) is 17.7. The first-order valence-electron chi connectivity index (χ1n) is 10.7. The summed E-state index contributed by atoms with van der Waals surface area (Å²) in [7, 11) is 3.05. The van der Waals surface area contributed by atoms with Crippen molar-refractivity contribution in [3.63, 3.8) is 0 Å². The highest BCUT2D eigenvalue weighted by Crippen LogP contribution is 2.42. The summed E-state index contributed by atoms with van der Waals surface area (Å²) in [5, 5.41) is 10.3. The zero-order valence-electron chi connectivity index (χ0n) is 17.7. The lowest BCUT2D eigenvalue weighted by atomic mass is 9.82. The Labute approximate surface area is 173 Å². The molecule has 29 heavy (non-hydrogen) atoms. The first-order chi connectivity index (χ1) is 14.0. The van der Waals surface area contributed by atoms with Gasteiger partial charge in [0.15, 0.2) is 0 Å². The largest absolute Gasteiger partial charge is 0.437 e. The van der Waals surface area contributed by atoms with E-state index in [0.717, 1.165) is 81.2 Å². The normalized spacial score (nSPS) is 22.3. The molecule has 0 radical (unpaired) electrons. The van der Waals surface area contributed by atoms with Crippen LogP contribution in [-0.4, -0.2) is 85.4 Å². The summed E-state index contributed by atoms with van der Waals surface area (Å²) in [4.78, 5) is 23.9. The van der Waals surface area contributed by atoms with E-state index < -0.39 is 7.05 Å². The number of nitrogens with zero attached hydrogens (tertiary/aromatic N) is 4. The number of hydrogen-bond donors (Lipinski definition) is 1. The fourth-order valence-electron chi connectivity index (χ4n) is 4.73. The zero-order chi connectivity index (χ0) is 20.5. The molecule has 2 fully saturated rings. The molecule has 0 bridgehead atoms. The van der Waals surface area contributed by atoms with Gasteiger partial charge in [-0.05, 0) is 55.9 Å². The fraction of sp³-hybridized carbons (Fsp3) is 0.619. The van der Waals surface area contributed by atoms with Crippen LogP contribution in [0.2, 0.25) is 6.82 Å². The number of fused-ring (bicyclic) bond motifs is 1. The molecule has 3 heterocycles. The molecule has 7 nitrogen and oxygen atoms in total. The molecule has 1 unspecified atom stereocenters. The van der Waals surface area contributed by atoms with E-state index in [1.165, 1.54) is 0 Å². The number of aliphatic imine (C=N–C) groups is 1. The molecule has 0 spiro atoms. The van der Waals surface area contributed by atoms with Crippen LogP contribution in [0.25, 0.3) is 0 Å². The van der Waals surface area contributed by atoms with Crippen molar-refractivity contribution in [1.82, 2.24) is 14.6 Å². The smallest absolute Gasteiger partial charge is 0.376 e. The Kier molecular flexibility index (Phi) is 5.94. The van der Waals surface area contributed by atoms with E-state index in [2.05, 4.69) is 9.71 Å². The molecule has 0 aromatic heterocycles. The van der Waals surface area contributed by atoms with Crippen LogP contribution in [0.15, 0.2) is 17.1 Å². The molecular formula is C21H31BN4O3. The Morgan fingerprint density at radius 1 is 1.24 bits per heavy atom. The second-order valence-corrected chi connectivity index (χ2v) is 8.43. The van der Waals surface area contributed by atoms with Crippen molar-refractivity contribution in [2.24, 2.45) is 4.99 Å². The van der Waals surface area contributed by atoms with Crippen molar-refractivity contribution in [3.05, 3.63) is 28.8 Å². The molecule has 1 atom stereocenters. The van der Waals surface area contributed by atoms with E-state index in [-0.39, 0.29) is 11.9 Å². The second-order valence-electron chi connectivity index (χ2n) is 8.43. The van der Waals surface area contributed by atoms with Gasteiger partial charge in [0, 0.05) is 45.2 Å². The molecule has 2 saturated heterocycles. The molecule has 0 aliphatic carbocycles. The van der Waals surface area contributed by atoms with Crippen LogP contribution in [0.1, 0.15) is 46.8 Å². The molecule has 1 N–H and O–H groups in total. The Balaban J connectivity index is 1.78. The average Bonchev–Trinajstić information content (AvgIpc) is 3.22. The van der Waals surface area contributed by atoms with Gasteiger partial charge in [-0.2, -0.15) is 0 Å². The number of morpholine rings is 1. The van der Waals surface area contributed by atoms with Gasteiger partial charge < -0.3 is 24.4 Å². The Morgan fingerprint density at radius 2 is 2.00 bits per heavy atom. The highest BCUT2D eigenvalue weighted by Gasteiger charge is 2.34. The van der Waals surface area contributed by atoms with Crippen LogP contribution >= 0.6 is 0 Å². The number of amides is 1. The van der Waals surface area contributed by atoms with Crippen molar-refractivity contribution in [2.45, 2.75) is 38.5 Å². The maximum atomic E-state index is 12.7. The van der Waals surface area contributed by atoms with Gasteiger partial charge in [-0.15, -0.1) is 0 Å². The third kappa shape index (κ3) is 4.06. The van der Waals surface area contributed by atoms with Gasteiger partial charge in [0.2, 0.25) is 0 Å². The average molecular weight is 398 g/mol. The van der Waals surface area contributed by atoms with Crippen LogP contribution in [0.5, 0.6) is 0 Å². The van der Waals surface area contributed by atoms with E-state index in [4.69, 9.17) is 9.73 Å². The van der Waals surface area contributed by atoms with Gasteiger partial charge in [0.25, 0.3) is 5.91 Å². The standard InChI is InChI=1S/C21H31BN4O3/c1-22(28)26-8-4-5-18(26)17-14-16(21(27)24(2)3)13-15-6-7-19(23-20(15)17)25-9-11-29-12-10-25/h13-14,18,28H,4-12H2,1-3H3. The minimum Gasteiger partial charge on any atom is -0.437 e. The van der Waals surface area contributed by atoms with Crippen molar-refractivity contribution in [2.75, 3.05) is 46.9 Å². The maximum absolute atomic E-state index is 12.7. The number of aryl methyl sites for hydroxylation is 1. The Bertz CT molecular complexity index is 805. The van der Waals surface area contributed by atoms with E-state index >= 15 is 0 Å². The van der Waals surface area contributed by atoms with Gasteiger partial charge in [-0.25, -0.2) is 4.99 Å². The SMILES string of the molecule is CB(O)N1CCCC1c1cc(C(=O)N(C)C)cc2c1N=C(N1CCOCC1)CC2. The lowest BCUT2D eigenvalue weighted by Gasteiger charge is -2.33. The number of benzene rings is 1. The number of carbonyl (C=O) groups excluding carboxylic acids is 1. The number of rotatable bonds is 3. The second kappa shape index (κ2) is 8.46. The van der Waals surface area contributed by atoms with Gasteiger partial charge >= 0.3 is 7.05 Å². The summed E-state index contributed by atoms with van der Waals surface area (Å²) >= 11 is 0. The van der Waals surface area contributed by atoms with E-state index in [0.29, 0.717) is 5.56 Å². The highest BCUT2D eigenvalue weighted by molar-refractivity contribution is 6.45. The molecule has 8 heteroatoms. The minimum absolute atomic E-state index is 0.0126. The molecule has 1 aromatic carbocycles. The molecule has 156 valence electrons. The summed E-state index contributed by atoms with van der Waals surface area (Å²) < 4.78 is 5.50. The molecule has 1 amide bonds. The highest BCUT2D eigenvalue weighted by atomic mass is 16.5. The van der Waals surface area contributed by atoms with Crippen LogP contribution in [-0.2, 0) is 11.2 Å². The minimum atomic E-state index is -0.516. The summed E-state index contributed by atoms with van der Waals surface area (Å²) in [6.45, 7) is 5.93. The van der Waals surface area contributed by atoms with Gasteiger partial charge in [0.1, 0.15) is 5.84 Å². The van der Waals surface area contributed by atoms with Crippen molar-refractivity contribution < 1.29 is 14.6 Å². The van der Waals surface area contributed by atoms with E-state index in [1.807, 2.05) is 19.0 Å². The molecule has 4 rings (SSSR count). The number of amidine groups is 1. The topological polar surface area (TPSA) is 68.6 Å². The summed E-state index contributed by atoms with van der Waals surface area (Å²) in [6.07, 6.45) is 3.78. The third-order valence-electron chi connectivity index (χ3n) is 6.24. The third-order valence-corrected chi connectivity index (χ3v) is 6.24. The Hall–Kier alpha value is -1.90. The summed E-state index contributed by atoms with van der Waals surface area (Å²) in [5.74, 6) is 1.13. The first kappa shape index (κ1) is 20.4. The van der Waals surface area contributed by atoms with Crippen LogP contribution in [0.4, 0.5) is 5.69 Å². The van der Waals surface area contributed by atoms with Crippen LogP contribution < -0.4 is 0 Å². The summed E-state index contributed by atoms with van der Waals surface area (Å²) in [6, 6.07) is 4.12. The molecular weight excluding hydrogens is 367 g/mol. The summed E-state index contributed by atoms with van der Waals surface area (Å²) in [5.41, 5.74) is 3.94. The van der Waals surface area contributed by atoms with Crippen LogP contribution in [0.3, 0.4) is 0 Å². The lowest BCUT2D eigenvalue weighted by Crippen LogP contribution is -2.41. The fourth-order valence-corrected chi connectivity index (χ4v) is 4.73. The maximum Gasteiger partial charge on any atom is 0.376 e. The van der Waals surface area contributed by atoms with Crippen LogP contribution in [0, 0.1) is 0 Å². The first-order valence-corrected chi connectivity index (χ1v) is 10.7.